The van der Waals surface area contributed by atoms with Crippen molar-refractivity contribution in [3.63, 3.8) is 0 Å². The zero-order valence-corrected chi connectivity index (χ0v) is 12.9. The molecule has 0 spiro atoms. The fourth-order valence-corrected chi connectivity index (χ4v) is 1.91. The summed E-state index contributed by atoms with van der Waals surface area (Å²) in [5.41, 5.74) is 1.69. The molecule has 2 rings (SSSR count). The van der Waals surface area contributed by atoms with E-state index >= 15 is 0 Å². The number of hydrogen-bond donors (Lipinski definition) is 0. The van der Waals surface area contributed by atoms with Crippen LogP contribution in [0.25, 0.3) is 0 Å². The van der Waals surface area contributed by atoms with Gasteiger partial charge in [0.05, 0.1) is 4.90 Å². The lowest BCUT2D eigenvalue weighted by molar-refractivity contribution is -0.671. The van der Waals surface area contributed by atoms with Gasteiger partial charge in [-0.25, -0.2) is 13.0 Å². The first-order valence-electron chi connectivity index (χ1n) is 6.19. The van der Waals surface area contributed by atoms with Gasteiger partial charge in [-0.3, -0.25) is 4.79 Å². The van der Waals surface area contributed by atoms with Gasteiger partial charge in [0.1, 0.15) is 17.2 Å². The summed E-state index contributed by atoms with van der Waals surface area (Å²) in [6.07, 6.45) is 3.72. The van der Waals surface area contributed by atoms with Gasteiger partial charge in [-0.05, 0) is 26.0 Å². The summed E-state index contributed by atoms with van der Waals surface area (Å²) < 4.78 is 33.1. The third-order valence-electron chi connectivity index (χ3n) is 2.69. The number of benzene rings is 1. The monoisotopic (exact) mass is 307 g/mol. The van der Waals surface area contributed by atoms with Crippen LogP contribution >= 0.6 is 0 Å². The lowest BCUT2D eigenvalue weighted by atomic mass is 10.2. The van der Waals surface area contributed by atoms with E-state index < -0.39 is 10.1 Å². The van der Waals surface area contributed by atoms with Gasteiger partial charge in [-0.15, -0.1) is 0 Å². The number of carbonyl (C=O) groups is 1. The molecule has 1 aromatic carbocycles. The molecule has 0 atom stereocenters. The van der Waals surface area contributed by atoms with Gasteiger partial charge < -0.3 is 4.55 Å². The molecule has 0 fully saturated rings. The molecule has 0 amide bonds. The predicted octanol–water partition coefficient (Wildman–Crippen LogP) is 1.61. The highest BCUT2D eigenvalue weighted by atomic mass is 32.2. The molecule has 0 saturated heterocycles. The number of carbonyl (C=O) groups excluding carboxylic acids is 1. The highest BCUT2D eigenvalue weighted by Crippen LogP contribution is 2.08. The molecule has 0 aliphatic carbocycles. The molecule has 0 aliphatic heterocycles. The van der Waals surface area contributed by atoms with Crippen molar-refractivity contribution in [2.24, 2.45) is 7.05 Å². The van der Waals surface area contributed by atoms with Crippen LogP contribution in [0, 0.1) is 6.92 Å². The Morgan fingerprint density at radius 2 is 1.52 bits per heavy atom. The molecule has 2 aromatic rings. The summed E-state index contributed by atoms with van der Waals surface area (Å²) in [7, 11) is -2.35. The van der Waals surface area contributed by atoms with Crippen LogP contribution < -0.4 is 4.57 Å². The van der Waals surface area contributed by atoms with Crippen molar-refractivity contribution in [3.05, 3.63) is 59.9 Å². The van der Waals surface area contributed by atoms with E-state index in [-0.39, 0.29) is 10.7 Å². The first-order valence-corrected chi connectivity index (χ1v) is 7.60. The van der Waals surface area contributed by atoms with Crippen LogP contribution in [-0.4, -0.2) is 18.8 Å². The quantitative estimate of drug-likeness (QED) is 0.480. The van der Waals surface area contributed by atoms with E-state index in [2.05, 4.69) is 0 Å². The van der Waals surface area contributed by atoms with Gasteiger partial charge in [0.2, 0.25) is 0 Å². The maximum atomic E-state index is 10.7. The molecule has 0 bridgehead atoms. The number of aryl methyl sites for hydroxylation is 2. The predicted molar refractivity (Wildman–Crippen MR) is 76.8 cm³/mol. The van der Waals surface area contributed by atoms with Gasteiger partial charge in [0, 0.05) is 17.7 Å². The van der Waals surface area contributed by atoms with Crippen molar-refractivity contribution in [2.75, 3.05) is 0 Å². The molecule has 0 radical (unpaired) electrons. The summed E-state index contributed by atoms with van der Waals surface area (Å²) >= 11 is 0. The molecule has 5 nitrogen and oxygen atoms in total. The standard InChI is InChI=1S/C8H10NO.C7H8O3S/c1-7(10)8-3-5-9(2)6-4-8;1-6-2-4-7(5-3-6)11(8,9)10/h3-6H,1-2H3;2-5H,1H3,(H,8,9,10)/q+1;/p-1. The largest absolute Gasteiger partial charge is 0.744 e. The lowest BCUT2D eigenvalue weighted by Gasteiger charge is -2.05. The Bertz CT molecular complexity index is 704. The SMILES string of the molecule is CC(=O)c1cc[n+](C)cc1.Cc1ccc(S(=O)(=O)[O-])cc1. The van der Waals surface area contributed by atoms with E-state index in [9.17, 15) is 17.8 Å². The third kappa shape index (κ3) is 5.85. The van der Waals surface area contributed by atoms with Crippen molar-refractivity contribution in [1.29, 1.82) is 0 Å². The number of ketones is 1. The minimum Gasteiger partial charge on any atom is -0.744 e. The van der Waals surface area contributed by atoms with Crippen LogP contribution in [0.15, 0.2) is 53.7 Å². The van der Waals surface area contributed by atoms with Crippen molar-refractivity contribution in [1.82, 2.24) is 0 Å². The Morgan fingerprint density at radius 3 is 1.90 bits per heavy atom. The normalized spacial score (nSPS) is 10.5. The summed E-state index contributed by atoms with van der Waals surface area (Å²) in [4.78, 5) is 10.6. The van der Waals surface area contributed by atoms with E-state index in [1.807, 2.05) is 43.1 Å². The minimum absolute atomic E-state index is 0.112. The number of Topliss-reactive ketones (excluding diaryl/α,β-unsaturated/α-hetero) is 1. The lowest BCUT2D eigenvalue weighted by Crippen LogP contribution is -2.26. The summed E-state index contributed by atoms with van der Waals surface area (Å²) in [5.74, 6) is 0.112. The van der Waals surface area contributed by atoms with Gasteiger partial charge in [-0.2, -0.15) is 0 Å². The zero-order valence-electron chi connectivity index (χ0n) is 12.1. The number of aromatic nitrogens is 1. The van der Waals surface area contributed by atoms with Crippen LogP contribution in [0.3, 0.4) is 0 Å². The van der Waals surface area contributed by atoms with Crippen LogP contribution in [0.2, 0.25) is 0 Å². The maximum Gasteiger partial charge on any atom is 0.169 e. The van der Waals surface area contributed by atoms with Crippen LogP contribution in [-0.2, 0) is 17.2 Å². The molecular formula is C15H17NO4S. The van der Waals surface area contributed by atoms with E-state index in [0.717, 1.165) is 11.1 Å². The number of pyridine rings is 1. The van der Waals surface area contributed by atoms with Gasteiger partial charge >= 0.3 is 0 Å². The summed E-state index contributed by atoms with van der Waals surface area (Å²) in [5, 5.41) is 0. The molecule has 0 aliphatic rings. The molecule has 0 N–H and O–H groups in total. The number of rotatable bonds is 2. The van der Waals surface area contributed by atoms with Crippen LogP contribution in [0.1, 0.15) is 22.8 Å². The second-order valence-corrected chi connectivity index (χ2v) is 5.96. The Hall–Kier alpha value is -2.05. The van der Waals surface area contributed by atoms with Gasteiger partial charge in [0.15, 0.2) is 18.2 Å². The average molecular weight is 307 g/mol. The van der Waals surface area contributed by atoms with Crippen molar-refractivity contribution < 1.29 is 22.3 Å². The highest BCUT2D eigenvalue weighted by Gasteiger charge is 1.99. The fraction of sp³-hybridized carbons (Fsp3) is 0.200. The molecule has 1 aromatic heterocycles. The smallest absolute Gasteiger partial charge is 0.169 e. The molecule has 0 saturated carbocycles. The maximum absolute atomic E-state index is 10.7. The topological polar surface area (TPSA) is 78.1 Å². The summed E-state index contributed by atoms with van der Waals surface area (Å²) in [6.45, 7) is 3.39. The average Bonchev–Trinajstić information content (AvgIpc) is 2.39. The second kappa shape index (κ2) is 7.10. The van der Waals surface area contributed by atoms with E-state index in [1.165, 1.54) is 12.1 Å². The minimum atomic E-state index is -4.27. The molecule has 6 heteroatoms. The molecule has 0 unspecified atom stereocenters. The van der Waals surface area contributed by atoms with E-state index in [1.54, 1.807) is 19.1 Å². The molecule has 112 valence electrons. The van der Waals surface area contributed by atoms with E-state index in [4.69, 9.17) is 0 Å². The number of hydrogen-bond acceptors (Lipinski definition) is 4. The Kier molecular flexibility index (Phi) is 5.75. The van der Waals surface area contributed by atoms with Crippen molar-refractivity contribution >= 4 is 15.9 Å². The fourth-order valence-electron chi connectivity index (χ4n) is 1.44. The van der Waals surface area contributed by atoms with Gasteiger partial charge in [-0.1, -0.05) is 17.7 Å². The summed E-state index contributed by atoms with van der Waals surface area (Å²) in [6, 6.07) is 9.40. The molecule has 1 heterocycles. The van der Waals surface area contributed by atoms with E-state index in [0.29, 0.717) is 0 Å². The second-order valence-electron chi connectivity index (χ2n) is 4.58. The van der Waals surface area contributed by atoms with Crippen molar-refractivity contribution in [3.8, 4) is 0 Å². The zero-order chi connectivity index (χ0) is 16.0. The number of nitrogens with zero attached hydrogens (tertiary/aromatic N) is 1. The Morgan fingerprint density at radius 1 is 1.05 bits per heavy atom. The highest BCUT2D eigenvalue weighted by molar-refractivity contribution is 7.85. The third-order valence-corrected chi connectivity index (χ3v) is 3.54. The van der Waals surface area contributed by atoms with Crippen LogP contribution in [0.5, 0.6) is 0 Å². The first-order chi connectivity index (χ1) is 9.70. The van der Waals surface area contributed by atoms with Crippen LogP contribution in [0.4, 0.5) is 0 Å². The Labute approximate surface area is 124 Å². The molecule has 21 heavy (non-hydrogen) atoms. The van der Waals surface area contributed by atoms with Gasteiger partial charge in [0.25, 0.3) is 0 Å². The Balaban J connectivity index is 0.000000211. The first kappa shape index (κ1) is 17.0. The van der Waals surface area contributed by atoms with Crippen molar-refractivity contribution in [2.45, 2.75) is 18.7 Å². The molecular weight excluding hydrogens is 290 g/mol.